The summed E-state index contributed by atoms with van der Waals surface area (Å²) in [7, 11) is 1.62. The highest BCUT2D eigenvalue weighted by Crippen LogP contribution is 2.25. The molecule has 1 aliphatic carbocycles. The summed E-state index contributed by atoms with van der Waals surface area (Å²) < 4.78 is 5.12. The number of aromatic nitrogens is 3. The Morgan fingerprint density at radius 3 is 3.11 bits per heavy atom. The number of nitrogens with one attached hydrogen (secondary N) is 1. The van der Waals surface area contributed by atoms with Crippen molar-refractivity contribution in [2.24, 2.45) is 0 Å². The van der Waals surface area contributed by atoms with Gasteiger partial charge in [0, 0.05) is 30.1 Å². The van der Waals surface area contributed by atoms with Crippen LogP contribution in [0.25, 0.3) is 0 Å². The lowest BCUT2D eigenvalue weighted by Crippen LogP contribution is -2.05. The van der Waals surface area contributed by atoms with Gasteiger partial charge in [-0.2, -0.15) is 0 Å². The zero-order valence-corrected chi connectivity index (χ0v) is 10.9. The number of ether oxygens (including phenoxy) is 1. The van der Waals surface area contributed by atoms with E-state index in [4.69, 9.17) is 4.74 Å². The second-order valence-electron chi connectivity index (χ2n) is 4.56. The first kappa shape index (κ1) is 11.9. The average Bonchev–Trinajstić information content (AvgIpc) is 2.94. The van der Waals surface area contributed by atoms with E-state index >= 15 is 0 Å². The molecule has 98 valence electrons. The van der Waals surface area contributed by atoms with Gasteiger partial charge in [-0.15, -0.1) is 0 Å². The third kappa shape index (κ3) is 2.50. The largest absolute Gasteiger partial charge is 0.481 e. The molecule has 1 aliphatic rings. The molecule has 19 heavy (non-hydrogen) atoms. The lowest BCUT2D eigenvalue weighted by Gasteiger charge is -2.10. The number of hydrogen-bond donors (Lipinski definition) is 1. The molecule has 5 nitrogen and oxygen atoms in total. The smallest absolute Gasteiger partial charge is 0.213 e. The third-order valence-corrected chi connectivity index (χ3v) is 3.34. The molecule has 0 amide bonds. The molecular formula is C14H16N4O. The first-order valence-corrected chi connectivity index (χ1v) is 6.42. The SMILES string of the molecule is COc1cc(CNc2ncnc3c2CCC3)ccn1. The Hall–Kier alpha value is -2.17. The standard InChI is InChI=1S/C14H16N4O/c1-19-13-7-10(5-6-15-13)8-16-14-11-3-2-4-12(11)17-9-18-14/h5-7,9H,2-4,8H2,1H3,(H,16,17,18). The minimum absolute atomic E-state index is 0.632. The summed E-state index contributed by atoms with van der Waals surface area (Å²) in [5.41, 5.74) is 3.57. The van der Waals surface area contributed by atoms with Crippen molar-refractivity contribution in [3.63, 3.8) is 0 Å². The van der Waals surface area contributed by atoms with Crippen LogP contribution in [0.4, 0.5) is 5.82 Å². The Morgan fingerprint density at radius 1 is 1.26 bits per heavy atom. The van der Waals surface area contributed by atoms with Crippen molar-refractivity contribution in [1.82, 2.24) is 15.0 Å². The predicted molar refractivity (Wildman–Crippen MR) is 72.2 cm³/mol. The highest BCUT2D eigenvalue weighted by Gasteiger charge is 2.16. The van der Waals surface area contributed by atoms with Gasteiger partial charge in [0.25, 0.3) is 0 Å². The molecule has 0 aromatic carbocycles. The molecule has 0 radical (unpaired) electrons. The summed E-state index contributed by atoms with van der Waals surface area (Å²) in [5, 5.41) is 3.38. The van der Waals surface area contributed by atoms with Crippen molar-refractivity contribution in [2.75, 3.05) is 12.4 Å². The Bertz CT molecular complexity index is 585. The van der Waals surface area contributed by atoms with Gasteiger partial charge in [-0.3, -0.25) is 0 Å². The third-order valence-electron chi connectivity index (χ3n) is 3.34. The van der Waals surface area contributed by atoms with E-state index in [1.807, 2.05) is 12.1 Å². The number of anilines is 1. The number of fused-ring (bicyclic) bond motifs is 1. The van der Waals surface area contributed by atoms with Crippen LogP contribution in [-0.4, -0.2) is 22.1 Å². The van der Waals surface area contributed by atoms with Crippen molar-refractivity contribution < 1.29 is 4.74 Å². The van der Waals surface area contributed by atoms with E-state index in [2.05, 4.69) is 20.3 Å². The second kappa shape index (κ2) is 5.22. The minimum atomic E-state index is 0.632. The monoisotopic (exact) mass is 256 g/mol. The molecule has 0 fully saturated rings. The van der Waals surface area contributed by atoms with Crippen LogP contribution in [0.3, 0.4) is 0 Å². The molecule has 0 aliphatic heterocycles. The van der Waals surface area contributed by atoms with Crippen molar-refractivity contribution in [1.29, 1.82) is 0 Å². The fourth-order valence-corrected chi connectivity index (χ4v) is 2.37. The Kier molecular flexibility index (Phi) is 3.27. The van der Waals surface area contributed by atoms with Crippen molar-refractivity contribution in [3.8, 4) is 5.88 Å². The van der Waals surface area contributed by atoms with Crippen LogP contribution in [0.15, 0.2) is 24.7 Å². The van der Waals surface area contributed by atoms with E-state index in [1.54, 1.807) is 19.6 Å². The number of hydrogen-bond acceptors (Lipinski definition) is 5. The van der Waals surface area contributed by atoms with E-state index < -0.39 is 0 Å². The molecule has 0 bridgehead atoms. The van der Waals surface area contributed by atoms with Crippen LogP contribution in [0.2, 0.25) is 0 Å². The normalized spacial score (nSPS) is 13.1. The van der Waals surface area contributed by atoms with Gasteiger partial charge in [0.2, 0.25) is 5.88 Å². The van der Waals surface area contributed by atoms with Crippen molar-refractivity contribution in [2.45, 2.75) is 25.8 Å². The number of methoxy groups -OCH3 is 1. The van der Waals surface area contributed by atoms with E-state index in [1.165, 1.54) is 17.7 Å². The fraction of sp³-hybridized carbons (Fsp3) is 0.357. The molecule has 0 spiro atoms. The van der Waals surface area contributed by atoms with Crippen LogP contribution < -0.4 is 10.1 Å². The number of rotatable bonds is 4. The summed E-state index contributed by atoms with van der Waals surface area (Å²) in [6, 6.07) is 3.89. The molecule has 0 saturated heterocycles. The number of aryl methyl sites for hydroxylation is 1. The summed E-state index contributed by atoms with van der Waals surface area (Å²) in [5.74, 6) is 1.59. The van der Waals surface area contributed by atoms with Gasteiger partial charge in [0.1, 0.15) is 12.1 Å². The second-order valence-corrected chi connectivity index (χ2v) is 4.56. The van der Waals surface area contributed by atoms with Crippen LogP contribution in [0.1, 0.15) is 23.2 Å². The number of nitrogens with zero attached hydrogens (tertiary/aromatic N) is 3. The molecule has 0 atom stereocenters. The molecule has 2 heterocycles. The minimum Gasteiger partial charge on any atom is -0.481 e. The average molecular weight is 256 g/mol. The Labute approximate surface area is 112 Å². The van der Waals surface area contributed by atoms with Gasteiger partial charge in [-0.1, -0.05) is 0 Å². The molecule has 5 heteroatoms. The lowest BCUT2D eigenvalue weighted by atomic mass is 10.2. The zero-order chi connectivity index (χ0) is 13.1. The van der Waals surface area contributed by atoms with E-state index in [0.29, 0.717) is 12.4 Å². The van der Waals surface area contributed by atoms with Gasteiger partial charge < -0.3 is 10.1 Å². The maximum atomic E-state index is 5.12. The Balaban J connectivity index is 1.74. The van der Waals surface area contributed by atoms with Crippen molar-refractivity contribution >= 4 is 5.82 Å². The summed E-state index contributed by atoms with van der Waals surface area (Å²) in [4.78, 5) is 12.8. The number of pyridine rings is 1. The van der Waals surface area contributed by atoms with Crippen LogP contribution in [0, 0.1) is 0 Å². The van der Waals surface area contributed by atoms with Gasteiger partial charge in [0.05, 0.1) is 7.11 Å². The summed E-state index contributed by atoms with van der Waals surface area (Å²) in [6.45, 7) is 0.711. The molecule has 0 unspecified atom stereocenters. The molecule has 1 N–H and O–H groups in total. The van der Waals surface area contributed by atoms with Gasteiger partial charge in [-0.25, -0.2) is 15.0 Å². The highest BCUT2D eigenvalue weighted by molar-refractivity contribution is 5.48. The van der Waals surface area contributed by atoms with Gasteiger partial charge >= 0.3 is 0 Å². The van der Waals surface area contributed by atoms with Crippen LogP contribution in [-0.2, 0) is 19.4 Å². The summed E-state index contributed by atoms with van der Waals surface area (Å²) >= 11 is 0. The first-order valence-electron chi connectivity index (χ1n) is 6.42. The first-order chi connectivity index (χ1) is 9.36. The van der Waals surface area contributed by atoms with E-state index in [9.17, 15) is 0 Å². The quantitative estimate of drug-likeness (QED) is 0.906. The Morgan fingerprint density at radius 2 is 2.21 bits per heavy atom. The molecular weight excluding hydrogens is 240 g/mol. The van der Waals surface area contributed by atoms with E-state index in [-0.39, 0.29) is 0 Å². The maximum absolute atomic E-state index is 5.12. The fourth-order valence-electron chi connectivity index (χ4n) is 2.37. The van der Waals surface area contributed by atoms with Gasteiger partial charge in [0.15, 0.2) is 0 Å². The summed E-state index contributed by atoms with van der Waals surface area (Å²) in [6.07, 6.45) is 6.69. The topological polar surface area (TPSA) is 59.9 Å². The van der Waals surface area contributed by atoms with Gasteiger partial charge in [-0.05, 0) is 30.9 Å². The zero-order valence-electron chi connectivity index (χ0n) is 10.9. The molecule has 0 saturated carbocycles. The molecule has 3 rings (SSSR count). The lowest BCUT2D eigenvalue weighted by molar-refractivity contribution is 0.397. The maximum Gasteiger partial charge on any atom is 0.213 e. The highest BCUT2D eigenvalue weighted by atomic mass is 16.5. The molecule has 2 aromatic rings. The van der Waals surface area contributed by atoms with Crippen LogP contribution in [0.5, 0.6) is 5.88 Å². The van der Waals surface area contributed by atoms with Crippen molar-refractivity contribution in [3.05, 3.63) is 41.5 Å². The predicted octanol–water partition coefficient (Wildman–Crippen LogP) is 1.98. The molecule has 2 aromatic heterocycles. The van der Waals surface area contributed by atoms with Crippen LogP contribution >= 0.6 is 0 Å². The van der Waals surface area contributed by atoms with E-state index in [0.717, 1.165) is 24.2 Å².